The molecule has 0 N–H and O–H groups in total. The summed E-state index contributed by atoms with van der Waals surface area (Å²) in [6, 6.07) is 18.2. The van der Waals surface area contributed by atoms with Gasteiger partial charge in [0.1, 0.15) is 5.52 Å². The number of hydrogen-bond donors (Lipinski definition) is 0. The predicted octanol–water partition coefficient (Wildman–Crippen LogP) is 4.91. The van der Waals surface area contributed by atoms with E-state index in [0.717, 1.165) is 16.6 Å². The van der Waals surface area contributed by atoms with Gasteiger partial charge in [-0.2, -0.15) is 0 Å². The Bertz CT molecular complexity index is 1250. The number of aryl methyl sites for hydroxylation is 2. The van der Waals surface area contributed by atoms with Crippen LogP contribution < -0.4 is 4.90 Å². The number of carbonyl (C=O) groups excluding carboxylic acids is 2. The van der Waals surface area contributed by atoms with E-state index < -0.39 is 0 Å². The third-order valence-corrected chi connectivity index (χ3v) is 5.03. The Labute approximate surface area is 161 Å². The molecule has 0 unspecified atom stereocenters. The van der Waals surface area contributed by atoms with E-state index in [-0.39, 0.29) is 11.8 Å². The number of rotatable bonds is 2. The number of imide groups is 1. The highest BCUT2D eigenvalue weighted by atomic mass is 16.3. The quantitative estimate of drug-likeness (QED) is 0.472. The molecule has 0 atom stereocenters. The van der Waals surface area contributed by atoms with E-state index in [9.17, 15) is 9.59 Å². The fourth-order valence-electron chi connectivity index (χ4n) is 3.55. The monoisotopic (exact) mass is 368 g/mol. The Morgan fingerprint density at radius 3 is 2.29 bits per heavy atom. The summed E-state index contributed by atoms with van der Waals surface area (Å²) in [5, 5.41) is 0. The topological polar surface area (TPSA) is 63.4 Å². The van der Waals surface area contributed by atoms with Crippen LogP contribution in [0.15, 0.2) is 65.1 Å². The van der Waals surface area contributed by atoms with Crippen LogP contribution in [0.3, 0.4) is 0 Å². The standard InChI is InChI=1S/C23H16N2O3/c1-13-7-10-18-20(11-13)28-21(24-18)15-9-8-14(2)19(12-15)25-22(26)16-5-3-4-6-17(16)23(25)27/h3-12H,1-2H3. The molecule has 0 bridgehead atoms. The molecule has 5 nitrogen and oxygen atoms in total. The summed E-state index contributed by atoms with van der Waals surface area (Å²) in [5.41, 5.74) is 5.50. The fourth-order valence-corrected chi connectivity index (χ4v) is 3.55. The molecular weight excluding hydrogens is 352 g/mol. The van der Waals surface area contributed by atoms with Crippen LogP contribution in [0.1, 0.15) is 31.8 Å². The number of benzene rings is 3. The maximum absolute atomic E-state index is 12.9. The van der Waals surface area contributed by atoms with Crippen molar-refractivity contribution in [3.05, 3.63) is 82.9 Å². The Hall–Kier alpha value is -3.73. The first-order valence-corrected chi connectivity index (χ1v) is 8.99. The number of amides is 2. The minimum Gasteiger partial charge on any atom is -0.436 e. The normalized spacial score (nSPS) is 13.4. The molecule has 0 fully saturated rings. The SMILES string of the molecule is Cc1ccc2nc(-c3ccc(C)c(N4C(=O)c5ccccc5C4=O)c3)oc2c1. The van der Waals surface area contributed by atoms with Gasteiger partial charge in [0.15, 0.2) is 5.58 Å². The molecule has 136 valence electrons. The van der Waals surface area contributed by atoms with Crippen molar-refractivity contribution in [3.8, 4) is 11.5 Å². The van der Waals surface area contributed by atoms with Gasteiger partial charge in [0.25, 0.3) is 11.8 Å². The van der Waals surface area contributed by atoms with E-state index in [1.54, 1.807) is 30.3 Å². The summed E-state index contributed by atoms with van der Waals surface area (Å²) < 4.78 is 5.91. The summed E-state index contributed by atoms with van der Waals surface area (Å²) in [7, 11) is 0. The Kier molecular flexibility index (Phi) is 3.46. The number of fused-ring (bicyclic) bond motifs is 2. The van der Waals surface area contributed by atoms with E-state index in [0.29, 0.717) is 33.9 Å². The summed E-state index contributed by atoms with van der Waals surface area (Å²) in [4.78, 5) is 31.5. The lowest BCUT2D eigenvalue weighted by atomic mass is 10.1. The number of carbonyl (C=O) groups is 2. The maximum Gasteiger partial charge on any atom is 0.266 e. The van der Waals surface area contributed by atoms with E-state index in [1.165, 1.54) is 4.90 Å². The van der Waals surface area contributed by atoms with Gasteiger partial charge < -0.3 is 4.42 Å². The average Bonchev–Trinajstić information content (AvgIpc) is 3.22. The zero-order chi connectivity index (χ0) is 19.4. The first-order valence-electron chi connectivity index (χ1n) is 8.99. The van der Waals surface area contributed by atoms with Gasteiger partial charge in [0.05, 0.1) is 16.8 Å². The van der Waals surface area contributed by atoms with E-state index in [4.69, 9.17) is 4.42 Å². The second kappa shape index (κ2) is 5.89. The number of nitrogens with zero attached hydrogens (tertiary/aromatic N) is 2. The van der Waals surface area contributed by atoms with E-state index in [2.05, 4.69) is 4.98 Å². The van der Waals surface area contributed by atoms with Gasteiger partial charge in [-0.3, -0.25) is 9.59 Å². The lowest BCUT2D eigenvalue weighted by Crippen LogP contribution is -2.30. The van der Waals surface area contributed by atoms with E-state index >= 15 is 0 Å². The third-order valence-electron chi connectivity index (χ3n) is 5.03. The molecule has 2 heterocycles. The van der Waals surface area contributed by atoms with Gasteiger partial charge in [-0.05, 0) is 61.4 Å². The first-order chi connectivity index (χ1) is 13.5. The van der Waals surface area contributed by atoms with Crippen LogP contribution in [0.2, 0.25) is 0 Å². The molecule has 1 aromatic heterocycles. The van der Waals surface area contributed by atoms with E-state index in [1.807, 2.05) is 44.2 Å². The van der Waals surface area contributed by atoms with Crippen molar-refractivity contribution < 1.29 is 14.0 Å². The second-order valence-corrected chi connectivity index (χ2v) is 6.98. The van der Waals surface area contributed by atoms with Gasteiger partial charge >= 0.3 is 0 Å². The number of aromatic nitrogens is 1. The van der Waals surface area contributed by atoms with Crippen LogP contribution >= 0.6 is 0 Å². The molecule has 5 rings (SSSR count). The maximum atomic E-state index is 12.9. The average molecular weight is 368 g/mol. The number of hydrogen-bond acceptors (Lipinski definition) is 4. The van der Waals surface area contributed by atoms with Crippen molar-refractivity contribution in [1.82, 2.24) is 4.98 Å². The van der Waals surface area contributed by atoms with Crippen molar-refractivity contribution in [3.63, 3.8) is 0 Å². The minimum atomic E-state index is -0.311. The van der Waals surface area contributed by atoms with Gasteiger partial charge in [0.2, 0.25) is 5.89 Å². The molecule has 3 aromatic carbocycles. The molecule has 4 aromatic rings. The van der Waals surface area contributed by atoms with Crippen LogP contribution in [-0.4, -0.2) is 16.8 Å². The highest BCUT2D eigenvalue weighted by Gasteiger charge is 2.37. The van der Waals surface area contributed by atoms with Crippen molar-refractivity contribution in [1.29, 1.82) is 0 Å². The molecule has 1 aliphatic heterocycles. The highest BCUT2D eigenvalue weighted by Crippen LogP contribution is 2.34. The van der Waals surface area contributed by atoms with Gasteiger partial charge in [-0.1, -0.05) is 24.3 Å². The fraction of sp³-hybridized carbons (Fsp3) is 0.0870. The molecule has 5 heteroatoms. The summed E-state index contributed by atoms with van der Waals surface area (Å²) in [6.07, 6.45) is 0. The second-order valence-electron chi connectivity index (χ2n) is 6.98. The minimum absolute atomic E-state index is 0.311. The Morgan fingerprint density at radius 2 is 1.57 bits per heavy atom. The van der Waals surface area contributed by atoms with Crippen LogP contribution in [0.5, 0.6) is 0 Å². The van der Waals surface area contributed by atoms with Crippen molar-refractivity contribution in [2.75, 3.05) is 4.90 Å². The summed E-state index contributed by atoms with van der Waals surface area (Å²) in [6.45, 7) is 3.87. The molecule has 0 aliphatic carbocycles. The molecule has 1 aliphatic rings. The molecule has 28 heavy (non-hydrogen) atoms. The molecule has 0 radical (unpaired) electrons. The third kappa shape index (κ3) is 2.36. The summed E-state index contributed by atoms with van der Waals surface area (Å²) in [5.74, 6) is -0.165. The molecule has 2 amide bonds. The largest absolute Gasteiger partial charge is 0.436 e. The highest BCUT2D eigenvalue weighted by molar-refractivity contribution is 6.34. The first kappa shape index (κ1) is 16.4. The molecule has 0 saturated heterocycles. The van der Waals surface area contributed by atoms with Crippen molar-refractivity contribution >= 4 is 28.6 Å². The molecular formula is C23H16N2O3. The number of oxazole rings is 1. The molecule has 0 spiro atoms. The van der Waals surface area contributed by atoms with Crippen LogP contribution in [0.25, 0.3) is 22.6 Å². The van der Waals surface area contributed by atoms with Gasteiger partial charge in [-0.25, -0.2) is 9.88 Å². The van der Waals surface area contributed by atoms with Crippen LogP contribution in [0, 0.1) is 13.8 Å². The molecule has 0 saturated carbocycles. The van der Waals surface area contributed by atoms with Crippen molar-refractivity contribution in [2.45, 2.75) is 13.8 Å². The number of anilines is 1. The lowest BCUT2D eigenvalue weighted by molar-refractivity contribution is 0.0926. The van der Waals surface area contributed by atoms with Crippen LogP contribution in [-0.2, 0) is 0 Å². The predicted molar refractivity (Wildman–Crippen MR) is 107 cm³/mol. The zero-order valence-electron chi connectivity index (χ0n) is 15.4. The Balaban J connectivity index is 1.62. The van der Waals surface area contributed by atoms with Crippen LogP contribution in [0.4, 0.5) is 5.69 Å². The van der Waals surface area contributed by atoms with Crippen molar-refractivity contribution in [2.24, 2.45) is 0 Å². The van der Waals surface area contributed by atoms with Gasteiger partial charge in [0, 0.05) is 5.56 Å². The van der Waals surface area contributed by atoms with Gasteiger partial charge in [-0.15, -0.1) is 0 Å². The summed E-state index contributed by atoms with van der Waals surface area (Å²) >= 11 is 0. The smallest absolute Gasteiger partial charge is 0.266 e. The lowest BCUT2D eigenvalue weighted by Gasteiger charge is -2.17. The Morgan fingerprint density at radius 1 is 0.857 bits per heavy atom. The zero-order valence-corrected chi connectivity index (χ0v) is 15.4.